The Labute approximate surface area is 115 Å². The second-order valence-electron chi connectivity index (χ2n) is 4.67. The van der Waals surface area contributed by atoms with E-state index in [1.165, 1.54) is 19.2 Å². The lowest BCUT2D eigenvalue weighted by Gasteiger charge is -2.32. The number of aliphatic hydroxyl groups excluding tert-OH is 1. The molecule has 1 heterocycles. The van der Waals surface area contributed by atoms with Gasteiger partial charge in [0.25, 0.3) is 5.69 Å². The highest BCUT2D eigenvalue weighted by Gasteiger charge is 2.24. The molecule has 0 amide bonds. The third kappa shape index (κ3) is 2.88. The minimum atomic E-state index is -0.602. The van der Waals surface area contributed by atoms with Crippen LogP contribution < -0.4 is 4.90 Å². The summed E-state index contributed by atoms with van der Waals surface area (Å²) < 4.78 is 4.69. The monoisotopic (exact) mass is 280 g/mol. The molecule has 0 radical (unpaired) electrons. The molecule has 1 fully saturated rings. The van der Waals surface area contributed by atoms with E-state index in [0.29, 0.717) is 31.6 Å². The molecule has 1 aromatic carbocycles. The van der Waals surface area contributed by atoms with Crippen molar-refractivity contribution in [1.82, 2.24) is 0 Å². The molecule has 1 saturated heterocycles. The predicted octanol–water partition coefficient (Wildman–Crippen LogP) is 1.34. The lowest BCUT2D eigenvalue weighted by molar-refractivity contribution is -0.384. The number of hydrogen-bond donors (Lipinski definition) is 1. The first-order valence-corrected chi connectivity index (χ1v) is 6.32. The van der Waals surface area contributed by atoms with Crippen molar-refractivity contribution in [3.8, 4) is 0 Å². The molecule has 7 nitrogen and oxygen atoms in total. The number of non-ortho nitro benzene ring substituents is 1. The van der Waals surface area contributed by atoms with Crippen molar-refractivity contribution in [2.45, 2.75) is 18.9 Å². The van der Waals surface area contributed by atoms with E-state index in [1.54, 1.807) is 6.07 Å². The van der Waals surface area contributed by atoms with Crippen LogP contribution in [0.3, 0.4) is 0 Å². The maximum atomic E-state index is 11.8. The summed E-state index contributed by atoms with van der Waals surface area (Å²) in [5.74, 6) is -0.602. The molecule has 7 heteroatoms. The maximum Gasteiger partial charge on any atom is 0.340 e. The maximum absolute atomic E-state index is 11.8. The zero-order valence-electron chi connectivity index (χ0n) is 11.1. The number of nitro benzene ring substituents is 1. The summed E-state index contributed by atoms with van der Waals surface area (Å²) in [6.45, 7) is 1.20. The van der Waals surface area contributed by atoms with E-state index in [4.69, 9.17) is 0 Å². The highest BCUT2D eigenvalue weighted by molar-refractivity contribution is 5.96. The summed E-state index contributed by atoms with van der Waals surface area (Å²) in [7, 11) is 1.24. The first kappa shape index (κ1) is 14.3. The molecule has 0 unspecified atom stereocenters. The molecule has 0 aliphatic carbocycles. The Morgan fingerprint density at radius 3 is 2.65 bits per heavy atom. The number of aliphatic hydroxyl groups is 1. The third-order valence-electron chi connectivity index (χ3n) is 3.40. The standard InChI is InChI=1S/C13H16N2O5/c1-20-13(17)11-8-9(15(18)19)2-3-12(11)14-6-4-10(16)5-7-14/h2-3,8,10,16H,4-7H2,1H3. The molecule has 20 heavy (non-hydrogen) atoms. The molecule has 0 atom stereocenters. The van der Waals surface area contributed by atoms with E-state index in [1.807, 2.05) is 4.90 Å². The van der Waals surface area contributed by atoms with Crippen LogP contribution in [0.4, 0.5) is 11.4 Å². The molecule has 0 aromatic heterocycles. The topological polar surface area (TPSA) is 92.9 Å². The Hall–Kier alpha value is -2.15. The number of anilines is 1. The van der Waals surface area contributed by atoms with Crippen LogP contribution in [0.1, 0.15) is 23.2 Å². The number of rotatable bonds is 3. The van der Waals surface area contributed by atoms with Gasteiger partial charge in [0.05, 0.1) is 29.4 Å². The zero-order chi connectivity index (χ0) is 14.7. The third-order valence-corrected chi connectivity index (χ3v) is 3.40. The van der Waals surface area contributed by atoms with Gasteiger partial charge in [-0.25, -0.2) is 4.79 Å². The van der Waals surface area contributed by atoms with Gasteiger partial charge in [0.2, 0.25) is 0 Å². The van der Waals surface area contributed by atoms with Crippen LogP contribution in [-0.4, -0.2) is 42.3 Å². The van der Waals surface area contributed by atoms with Gasteiger partial charge in [0, 0.05) is 25.2 Å². The summed E-state index contributed by atoms with van der Waals surface area (Å²) in [5, 5.41) is 20.3. The molecular formula is C13H16N2O5. The van der Waals surface area contributed by atoms with Crippen LogP contribution in [0, 0.1) is 10.1 Å². The van der Waals surface area contributed by atoms with Crippen LogP contribution in [0.2, 0.25) is 0 Å². The lowest BCUT2D eigenvalue weighted by Crippen LogP contribution is -2.36. The Kier molecular flexibility index (Phi) is 4.19. The van der Waals surface area contributed by atoms with Crippen molar-refractivity contribution in [2.24, 2.45) is 0 Å². The quantitative estimate of drug-likeness (QED) is 0.510. The highest BCUT2D eigenvalue weighted by atomic mass is 16.6. The van der Waals surface area contributed by atoms with Crippen molar-refractivity contribution in [1.29, 1.82) is 0 Å². The van der Waals surface area contributed by atoms with E-state index in [-0.39, 0.29) is 17.4 Å². The van der Waals surface area contributed by atoms with Gasteiger partial charge in [-0.3, -0.25) is 10.1 Å². The van der Waals surface area contributed by atoms with E-state index >= 15 is 0 Å². The molecule has 2 rings (SSSR count). The number of methoxy groups -OCH3 is 1. The summed E-state index contributed by atoms with van der Waals surface area (Å²) in [4.78, 5) is 24.0. The second kappa shape index (κ2) is 5.87. The van der Waals surface area contributed by atoms with Crippen LogP contribution in [0.25, 0.3) is 0 Å². The molecule has 1 aliphatic heterocycles. The van der Waals surface area contributed by atoms with Crippen LogP contribution in [0.5, 0.6) is 0 Å². The summed E-state index contributed by atoms with van der Waals surface area (Å²) in [5.41, 5.74) is 0.638. The molecule has 1 aliphatic rings. The molecule has 1 N–H and O–H groups in total. The predicted molar refractivity (Wildman–Crippen MR) is 71.9 cm³/mol. The van der Waals surface area contributed by atoms with Crippen LogP contribution >= 0.6 is 0 Å². The van der Waals surface area contributed by atoms with Gasteiger partial charge in [0.15, 0.2) is 0 Å². The molecule has 0 saturated carbocycles. The van der Waals surface area contributed by atoms with Gasteiger partial charge in [0.1, 0.15) is 0 Å². The van der Waals surface area contributed by atoms with E-state index in [9.17, 15) is 20.0 Å². The summed E-state index contributed by atoms with van der Waals surface area (Å²) in [6, 6.07) is 4.15. The number of piperidine rings is 1. The molecule has 0 spiro atoms. The van der Waals surface area contributed by atoms with Gasteiger partial charge in [-0.15, -0.1) is 0 Å². The number of carbonyl (C=O) groups excluding carboxylic acids is 1. The van der Waals surface area contributed by atoms with Gasteiger partial charge in [-0.1, -0.05) is 0 Å². The van der Waals surface area contributed by atoms with Crippen molar-refractivity contribution >= 4 is 17.3 Å². The van der Waals surface area contributed by atoms with Crippen molar-refractivity contribution in [2.75, 3.05) is 25.1 Å². The number of carbonyl (C=O) groups is 1. The van der Waals surface area contributed by atoms with Crippen LogP contribution in [-0.2, 0) is 4.74 Å². The highest BCUT2D eigenvalue weighted by Crippen LogP contribution is 2.28. The number of nitro groups is 1. The first-order valence-electron chi connectivity index (χ1n) is 6.32. The number of benzene rings is 1. The van der Waals surface area contributed by atoms with E-state index in [2.05, 4.69) is 4.74 Å². The Balaban J connectivity index is 2.36. The number of hydrogen-bond acceptors (Lipinski definition) is 6. The first-order chi connectivity index (χ1) is 9.52. The molecule has 0 bridgehead atoms. The Morgan fingerprint density at radius 1 is 1.45 bits per heavy atom. The lowest BCUT2D eigenvalue weighted by atomic mass is 10.0. The number of nitrogens with zero attached hydrogens (tertiary/aromatic N) is 2. The van der Waals surface area contributed by atoms with Crippen molar-refractivity contribution < 1.29 is 19.6 Å². The molecular weight excluding hydrogens is 264 g/mol. The van der Waals surface area contributed by atoms with E-state index < -0.39 is 10.9 Å². The number of esters is 1. The fraction of sp³-hybridized carbons (Fsp3) is 0.462. The van der Waals surface area contributed by atoms with Gasteiger partial charge in [-0.2, -0.15) is 0 Å². The Morgan fingerprint density at radius 2 is 2.10 bits per heavy atom. The van der Waals surface area contributed by atoms with Crippen molar-refractivity contribution in [3.05, 3.63) is 33.9 Å². The van der Waals surface area contributed by atoms with Gasteiger partial charge in [-0.05, 0) is 18.9 Å². The van der Waals surface area contributed by atoms with Gasteiger partial charge >= 0.3 is 5.97 Å². The average Bonchev–Trinajstić information content (AvgIpc) is 2.46. The van der Waals surface area contributed by atoms with E-state index in [0.717, 1.165) is 0 Å². The van der Waals surface area contributed by atoms with Gasteiger partial charge < -0.3 is 14.7 Å². The number of ether oxygens (including phenoxy) is 1. The SMILES string of the molecule is COC(=O)c1cc([N+](=O)[O-])ccc1N1CCC(O)CC1. The Bertz CT molecular complexity index is 523. The second-order valence-corrected chi connectivity index (χ2v) is 4.67. The minimum Gasteiger partial charge on any atom is -0.465 e. The average molecular weight is 280 g/mol. The minimum absolute atomic E-state index is 0.147. The smallest absolute Gasteiger partial charge is 0.340 e. The molecule has 108 valence electrons. The fourth-order valence-corrected chi connectivity index (χ4v) is 2.29. The summed E-state index contributed by atoms with van der Waals surface area (Å²) in [6.07, 6.45) is 0.890. The summed E-state index contributed by atoms with van der Waals surface area (Å²) >= 11 is 0. The van der Waals surface area contributed by atoms with Crippen molar-refractivity contribution in [3.63, 3.8) is 0 Å². The normalized spacial score (nSPS) is 16.0. The largest absolute Gasteiger partial charge is 0.465 e. The zero-order valence-corrected chi connectivity index (χ0v) is 11.1. The van der Waals surface area contributed by atoms with Crippen LogP contribution in [0.15, 0.2) is 18.2 Å². The fourth-order valence-electron chi connectivity index (χ4n) is 2.29. The molecule has 1 aromatic rings.